The molecule has 1 aromatic carbocycles. The van der Waals surface area contributed by atoms with Gasteiger partial charge in [-0.05, 0) is 68.7 Å². The van der Waals surface area contributed by atoms with Gasteiger partial charge in [-0.15, -0.1) is 0 Å². The highest BCUT2D eigenvalue weighted by molar-refractivity contribution is 7.80. The largest absolute Gasteiger partial charge is 0.346 e. The van der Waals surface area contributed by atoms with Crippen LogP contribution in [0.2, 0.25) is 5.02 Å². The molecular formula is C23H24ClN3O2S. The first-order valence-corrected chi connectivity index (χ1v) is 11.0. The number of nitrogens with zero attached hydrogens (tertiary/aromatic N) is 2. The Bertz CT molecular complexity index is 1070. The Hall–Kier alpha value is -2.44. The number of thiocarbonyl (C=S) groups is 1. The third kappa shape index (κ3) is 3.70. The third-order valence-electron chi connectivity index (χ3n) is 5.96. The van der Waals surface area contributed by atoms with Gasteiger partial charge in [0.2, 0.25) is 0 Å². The highest BCUT2D eigenvalue weighted by Gasteiger charge is 2.35. The number of nitrogens with one attached hydrogen (secondary N) is 1. The summed E-state index contributed by atoms with van der Waals surface area (Å²) in [7, 11) is 0. The van der Waals surface area contributed by atoms with Gasteiger partial charge in [-0.1, -0.05) is 43.0 Å². The van der Waals surface area contributed by atoms with E-state index in [-0.39, 0.29) is 10.7 Å². The predicted molar refractivity (Wildman–Crippen MR) is 124 cm³/mol. The third-order valence-corrected chi connectivity index (χ3v) is 6.56. The van der Waals surface area contributed by atoms with Crippen LogP contribution in [-0.2, 0) is 9.59 Å². The number of benzene rings is 1. The highest BCUT2D eigenvalue weighted by Crippen LogP contribution is 2.33. The van der Waals surface area contributed by atoms with Crippen LogP contribution in [0, 0.1) is 13.8 Å². The summed E-state index contributed by atoms with van der Waals surface area (Å²) in [5.41, 5.74) is 3.60. The van der Waals surface area contributed by atoms with Crippen molar-refractivity contribution < 1.29 is 9.59 Å². The molecular weight excluding hydrogens is 418 g/mol. The standard InChI is InChI=1S/C23H24ClN3O2S/c1-14-12-16(15(2)26(14)17-8-4-3-5-9-17)13-18-21(28)25-23(30)27(22(18)29)20-11-7-6-10-19(20)24/h6-7,10-13,17H,3-5,8-9H2,1-2H3,(H,25,28,30)/b18-13+. The lowest BCUT2D eigenvalue weighted by Crippen LogP contribution is -2.54. The molecule has 156 valence electrons. The van der Waals surface area contributed by atoms with Crippen LogP contribution in [0.25, 0.3) is 6.08 Å². The molecule has 1 aliphatic carbocycles. The van der Waals surface area contributed by atoms with Crippen molar-refractivity contribution in [3.63, 3.8) is 0 Å². The Morgan fingerprint density at radius 3 is 2.53 bits per heavy atom. The number of aryl methyl sites for hydroxylation is 1. The van der Waals surface area contributed by atoms with E-state index in [4.69, 9.17) is 23.8 Å². The van der Waals surface area contributed by atoms with Crippen LogP contribution in [-0.4, -0.2) is 21.5 Å². The van der Waals surface area contributed by atoms with Crippen molar-refractivity contribution in [3.8, 4) is 0 Å². The SMILES string of the molecule is Cc1cc(/C=C2\C(=O)NC(=S)N(c3ccccc3Cl)C2=O)c(C)n1C1CCCCC1. The number of rotatable bonds is 3. The number of amides is 2. The van der Waals surface area contributed by atoms with E-state index >= 15 is 0 Å². The van der Waals surface area contributed by atoms with Crippen LogP contribution in [0.4, 0.5) is 5.69 Å². The predicted octanol–water partition coefficient (Wildman–Crippen LogP) is 5.09. The van der Waals surface area contributed by atoms with E-state index in [1.54, 1.807) is 30.3 Å². The fourth-order valence-electron chi connectivity index (χ4n) is 4.51. The second kappa shape index (κ2) is 8.36. The molecule has 2 aromatic rings. The van der Waals surface area contributed by atoms with Crippen molar-refractivity contribution >= 4 is 52.5 Å². The minimum absolute atomic E-state index is 0.0305. The number of hydrogen-bond donors (Lipinski definition) is 1. The Labute approximate surface area is 186 Å². The normalized spacial score (nSPS) is 19.5. The van der Waals surface area contributed by atoms with Gasteiger partial charge in [0.05, 0.1) is 10.7 Å². The van der Waals surface area contributed by atoms with Gasteiger partial charge in [-0.3, -0.25) is 19.8 Å². The second-order valence-electron chi connectivity index (χ2n) is 7.90. The monoisotopic (exact) mass is 441 g/mol. The molecule has 5 nitrogen and oxygen atoms in total. The van der Waals surface area contributed by atoms with E-state index in [0.29, 0.717) is 16.8 Å². The Morgan fingerprint density at radius 2 is 1.83 bits per heavy atom. The van der Waals surface area contributed by atoms with Crippen LogP contribution >= 0.6 is 23.8 Å². The molecule has 0 unspecified atom stereocenters. The molecule has 0 radical (unpaired) electrons. The van der Waals surface area contributed by atoms with E-state index in [2.05, 4.69) is 23.7 Å². The molecule has 2 aliphatic rings. The lowest BCUT2D eigenvalue weighted by atomic mass is 9.95. The average Bonchev–Trinajstić information content (AvgIpc) is 3.00. The van der Waals surface area contributed by atoms with Crippen molar-refractivity contribution in [3.05, 3.63) is 57.9 Å². The van der Waals surface area contributed by atoms with Gasteiger partial charge in [0.25, 0.3) is 11.8 Å². The molecule has 1 saturated carbocycles. The van der Waals surface area contributed by atoms with Crippen LogP contribution in [0.3, 0.4) is 0 Å². The molecule has 0 bridgehead atoms. The summed E-state index contributed by atoms with van der Waals surface area (Å²) in [6, 6.07) is 9.47. The summed E-state index contributed by atoms with van der Waals surface area (Å²) in [6.07, 6.45) is 7.78. The van der Waals surface area contributed by atoms with Crippen LogP contribution < -0.4 is 10.2 Å². The number of hydrogen-bond acceptors (Lipinski definition) is 3. The lowest BCUT2D eigenvalue weighted by Gasteiger charge is -2.29. The number of anilines is 1. The van der Waals surface area contributed by atoms with E-state index in [0.717, 1.165) is 17.0 Å². The van der Waals surface area contributed by atoms with Crippen molar-refractivity contribution in [2.45, 2.75) is 52.0 Å². The van der Waals surface area contributed by atoms with Gasteiger partial charge < -0.3 is 4.57 Å². The summed E-state index contributed by atoms with van der Waals surface area (Å²) in [4.78, 5) is 27.2. The van der Waals surface area contributed by atoms with Crippen LogP contribution in [0.15, 0.2) is 35.9 Å². The summed E-state index contributed by atoms with van der Waals surface area (Å²) in [5.74, 6) is -0.963. The maximum Gasteiger partial charge on any atom is 0.270 e. The van der Waals surface area contributed by atoms with E-state index < -0.39 is 11.8 Å². The molecule has 1 aliphatic heterocycles. The zero-order chi connectivity index (χ0) is 21.4. The second-order valence-corrected chi connectivity index (χ2v) is 8.69. The first-order chi connectivity index (χ1) is 14.4. The molecule has 7 heteroatoms. The van der Waals surface area contributed by atoms with Gasteiger partial charge in [0.15, 0.2) is 5.11 Å². The first kappa shape index (κ1) is 20.8. The molecule has 1 N–H and O–H groups in total. The summed E-state index contributed by atoms with van der Waals surface area (Å²) in [6.45, 7) is 4.13. The topological polar surface area (TPSA) is 54.3 Å². The average molecular weight is 442 g/mol. The summed E-state index contributed by atoms with van der Waals surface area (Å²) < 4.78 is 2.35. The fourth-order valence-corrected chi connectivity index (χ4v) is 5.01. The molecule has 2 amide bonds. The van der Waals surface area contributed by atoms with E-state index in [1.165, 1.54) is 37.0 Å². The number of halogens is 1. The highest BCUT2D eigenvalue weighted by atomic mass is 35.5. The minimum Gasteiger partial charge on any atom is -0.346 e. The zero-order valence-corrected chi connectivity index (χ0v) is 18.6. The number of aromatic nitrogens is 1. The Kier molecular flexibility index (Phi) is 5.80. The van der Waals surface area contributed by atoms with Gasteiger partial charge >= 0.3 is 0 Å². The molecule has 2 heterocycles. The van der Waals surface area contributed by atoms with E-state index in [9.17, 15) is 9.59 Å². The Morgan fingerprint density at radius 1 is 1.13 bits per heavy atom. The number of carbonyl (C=O) groups excluding carboxylic acids is 2. The smallest absolute Gasteiger partial charge is 0.270 e. The van der Waals surface area contributed by atoms with E-state index in [1.807, 2.05) is 6.07 Å². The number of para-hydroxylation sites is 1. The fraction of sp³-hybridized carbons (Fsp3) is 0.348. The van der Waals surface area contributed by atoms with Gasteiger partial charge in [-0.2, -0.15) is 0 Å². The molecule has 1 saturated heterocycles. The maximum atomic E-state index is 13.3. The van der Waals surface area contributed by atoms with Gasteiger partial charge in [0, 0.05) is 17.4 Å². The van der Waals surface area contributed by atoms with Gasteiger partial charge in [0.1, 0.15) is 5.57 Å². The van der Waals surface area contributed by atoms with Crippen LogP contribution in [0.1, 0.15) is 55.1 Å². The van der Waals surface area contributed by atoms with Crippen molar-refractivity contribution in [2.75, 3.05) is 4.90 Å². The molecule has 0 atom stereocenters. The molecule has 30 heavy (non-hydrogen) atoms. The first-order valence-electron chi connectivity index (χ1n) is 10.2. The summed E-state index contributed by atoms with van der Waals surface area (Å²) in [5, 5.41) is 3.04. The lowest BCUT2D eigenvalue weighted by molar-refractivity contribution is -0.122. The zero-order valence-electron chi connectivity index (χ0n) is 17.1. The Balaban J connectivity index is 1.72. The van der Waals surface area contributed by atoms with Crippen molar-refractivity contribution in [2.24, 2.45) is 0 Å². The van der Waals surface area contributed by atoms with Crippen LogP contribution in [0.5, 0.6) is 0 Å². The number of carbonyl (C=O) groups is 2. The van der Waals surface area contributed by atoms with Crippen molar-refractivity contribution in [1.82, 2.24) is 9.88 Å². The quantitative estimate of drug-likeness (QED) is 0.410. The van der Waals surface area contributed by atoms with Gasteiger partial charge in [-0.25, -0.2) is 0 Å². The molecule has 0 spiro atoms. The minimum atomic E-state index is -0.490. The molecule has 1 aromatic heterocycles. The van der Waals surface area contributed by atoms with Crippen molar-refractivity contribution in [1.29, 1.82) is 0 Å². The summed E-state index contributed by atoms with van der Waals surface area (Å²) >= 11 is 11.5. The molecule has 2 fully saturated rings. The molecule has 4 rings (SSSR count). The maximum absolute atomic E-state index is 13.3.